The van der Waals surface area contributed by atoms with E-state index in [0.717, 1.165) is 34.5 Å². The molecule has 0 fully saturated rings. The highest BCUT2D eigenvalue weighted by atomic mass is 35.5. The Kier molecular flexibility index (Phi) is 31.0. The minimum Gasteiger partial charge on any atom is -0.478 e. The van der Waals surface area contributed by atoms with Crippen molar-refractivity contribution in [3.63, 3.8) is 0 Å². The molecular formula is C45H45ClO6S2. The Labute approximate surface area is 333 Å². The fraction of sp³-hybridized carbons (Fsp3) is 0.0889. The topological polar surface area (TPSA) is 106 Å². The second-order valence-corrected chi connectivity index (χ2v) is 12.3. The first-order chi connectivity index (χ1) is 26.0. The van der Waals surface area contributed by atoms with Crippen molar-refractivity contribution >= 4 is 82.0 Å². The van der Waals surface area contributed by atoms with Gasteiger partial charge in [-0.2, -0.15) is 0 Å². The number of ketones is 2. The number of carboxylic acid groups (broad SMARTS) is 1. The number of halogens is 1. The highest BCUT2D eigenvalue weighted by Crippen LogP contribution is 2.03. The predicted octanol–water partition coefficient (Wildman–Crippen LogP) is 10.6. The zero-order chi connectivity index (χ0) is 40.1. The summed E-state index contributed by atoms with van der Waals surface area (Å²) in [5.74, 6) is -0.842. The van der Waals surface area contributed by atoms with Gasteiger partial charge in [-0.15, -0.1) is 24.2 Å². The van der Waals surface area contributed by atoms with Crippen LogP contribution in [0.4, 0.5) is 0 Å². The van der Waals surface area contributed by atoms with Crippen LogP contribution < -0.4 is 0 Å². The van der Waals surface area contributed by atoms with Gasteiger partial charge in [0.2, 0.25) is 0 Å². The first kappa shape index (κ1) is 48.5. The van der Waals surface area contributed by atoms with Gasteiger partial charge >= 0.3 is 5.97 Å². The van der Waals surface area contributed by atoms with Crippen LogP contribution in [0.3, 0.4) is 0 Å². The molecule has 0 aliphatic heterocycles. The van der Waals surface area contributed by atoms with E-state index in [4.69, 9.17) is 16.7 Å². The van der Waals surface area contributed by atoms with Gasteiger partial charge in [0.1, 0.15) is 0 Å². The molecule has 0 radical (unpaired) electrons. The van der Waals surface area contributed by atoms with Gasteiger partial charge in [-0.1, -0.05) is 194 Å². The number of aliphatic carboxylic acids is 1. The minimum atomic E-state index is -0.938. The number of thioether (sulfide) groups is 1. The van der Waals surface area contributed by atoms with Crippen LogP contribution in [0, 0.1) is 0 Å². The Balaban J connectivity index is 0.000000747. The van der Waals surface area contributed by atoms with E-state index in [-0.39, 0.29) is 33.4 Å². The molecule has 3 aromatic carbocycles. The van der Waals surface area contributed by atoms with Crippen molar-refractivity contribution in [2.24, 2.45) is 0 Å². The van der Waals surface area contributed by atoms with Gasteiger partial charge < -0.3 is 5.11 Å². The molecule has 0 unspecified atom stereocenters. The maximum atomic E-state index is 11.3. The number of benzene rings is 3. The second-order valence-electron chi connectivity index (χ2n) is 10.2. The van der Waals surface area contributed by atoms with Crippen molar-refractivity contribution in [3.05, 3.63) is 199 Å². The number of carboxylic acids is 1. The van der Waals surface area contributed by atoms with E-state index in [1.165, 1.54) is 32.1 Å². The Bertz CT molecular complexity index is 1800. The molecule has 0 saturated carbocycles. The molecule has 0 amide bonds. The lowest BCUT2D eigenvalue weighted by molar-refractivity contribution is -0.131. The van der Waals surface area contributed by atoms with Gasteiger partial charge in [0.25, 0.3) is 0 Å². The molecule has 0 aliphatic carbocycles. The molecule has 0 aromatic heterocycles. The summed E-state index contributed by atoms with van der Waals surface area (Å²) in [6.45, 7) is 2.85. The van der Waals surface area contributed by atoms with Crippen molar-refractivity contribution < 1.29 is 29.1 Å². The number of hydrogen-bond donors (Lipinski definition) is 2. The van der Waals surface area contributed by atoms with Crippen molar-refractivity contribution in [2.75, 3.05) is 11.6 Å². The minimum absolute atomic E-state index is 0.0319. The Morgan fingerprint density at radius 2 is 0.852 bits per heavy atom. The number of carbonyl (C=O) groups excluding carboxylic acids is 4. The average Bonchev–Trinajstić information content (AvgIpc) is 3.16. The molecule has 9 heteroatoms. The molecular weight excluding hydrogens is 736 g/mol. The lowest BCUT2D eigenvalue weighted by Crippen LogP contribution is -1.98. The van der Waals surface area contributed by atoms with E-state index >= 15 is 0 Å². The van der Waals surface area contributed by atoms with Gasteiger partial charge in [-0.3, -0.25) is 19.2 Å². The third kappa shape index (κ3) is 34.9. The highest BCUT2D eigenvalue weighted by molar-refractivity contribution is 8.14. The summed E-state index contributed by atoms with van der Waals surface area (Å²) >= 11 is 9.69. The van der Waals surface area contributed by atoms with E-state index in [0.29, 0.717) is 0 Å². The van der Waals surface area contributed by atoms with Gasteiger partial charge in [0.05, 0.1) is 11.6 Å². The van der Waals surface area contributed by atoms with Crippen molar-refractivity contribution in [1.82, 2.24) is 0 Å². The van der Waals surface area contributed by atoms with Gasteiger partial charge in [0, 0.05) is 19.9 Å². The lowest BCUT2D eigenvalue weighted by Gasteiger charge is -1.90. The average molecular weight is 781 g/mol. The normalized spacial score (nSPS) is 11.3. The quantitative estimate of drug-likeness (QED) is 0.0684. The second kappa shape index (κ2) is 34.5. The number of alkyl halides is 1. The molecule has 6 nitrogen and oxygen atoms in total. The fourth-order valence-corrected chi connectivity index (χ4v) is 3.84. The third-order valence-corrected chi connectivity index (χ3v) is 6.72. The van der Waals surface area contributed by atoms with Crippen LogP contribution in [-0.2, 0) is 24.0 Å². The summed E-state index contributed by atoms with van der Waals surface area (Å²) in [5, 5.41) is 8.13. The standard InChI is InChI=1S/C16H16O2S.C14H13ClO.C13H12O2.C2H4OS/c1-14(17)19-13-16(18)12-8-3-2-5-9-15-10-6-4-7-11-15;15-12-14(16)11-7-2-1-4-8-13-9-5-3-6-10-13;14-13(15)11-7-2-1-4-8-12-9-5-3-6-10-12;1-2(3)4/h2-12H,13H2,1H3;1-11H,12H2;1-11H,(H,14,15);1H3,(H,3,4)/b3-2+,9-5+,12-8+;2*2-1+,8-4+,11-7+;. The monoisotopic (exact) mass is 780 g/mol. The highest BCUT2D eigenvalue weighted by Gasteiger charge is 1.98. The summed E-state index contributed by atoms with van der Waals surface area (Å²) in [7, 11) is 0. The molecule has 0 atom stereocenters. The summed E-state index contributed by atoms with van der Waals surface area (Å²) in [4.78, 5) is 52.2. The van der Waals surface area contributed by atoms with E-state index in [1.807, 2.05) is 140 Å². The first-order valence-electron chi connectivity index (χ1n) is 16.4. The summed E-state index contributed by atoms with van der Waals surface area (Å²) in [5.41, 5.74) is 3.39. The Hall–Kier alpha value is -5.54. The maximum Gasteiger partial charge on any atom is 0.328 e. The SMILES string of the molecule is CC(=O)S.CC(=O)SCC(=O)/C=C/C=C/C=C/c1ccccc1.O=C(/C=C/C=C/C=C/c1ccccc1)CCl.O=C(O)/C=C/C=C/C=C/c1ccccc1. The van der Waals surface area contributed by atoms with Gasteiger partial charge in [-0.05, 0) is 28.8 Å². The number of hydrogen-bond acceptors (Lipinski definition) is 6. The van der Waals surface area contributed by atoms with Gasteiger partial charge in [-0.25, -0.2) is 4.79 Å². The van der Waals surface area contributed by atoms with E-state index in [1.54, 1.807) is 36.5 Å². The van der Waals surface area contributed by atoms with Crippen LogP contribution in [0.1, 0.15) is 30.5 Å². The van der Waals surface area contributed by atoms with Crippen molar-refractivity contribution in [3.8, 4) is 0 Å². The Morgan fingerprint density at radius 3 is 1.17 bits per heavy atom. The molecule has 0 saturated heterocycles. The molecule has 3 rings (SSSR count). The summed E-state index contributed by atoms with van der Waals surface area (Å²) < 4.78 is 0. The van der Waals surface area contributed by atoms with Crippen LogP contribution in [0.15, 0.2) is 182 Å². The molecule has 54 heavy (non-hydrogen) atoms. The van der Waals surface area contributed by atoms with Crippen LogP contribution in [0.5, 0.6) is 0 Å². The lowest BCUT2D eigenvalue weighted by atomic mass is 10.2. The predicted molar refractivity (Wildman–Crippen MR) is 232 cm³/mol. The van der Waals surface area contributed by atoms with Crippen LogP contribution in [-0.4, -0.2) is 44.5 Å². The van der Waals surface area contributed by atoms with Crippen LogP contribution >= 0.6 is 36.0 Å². The molecule has 0 heterocycles. The Morgan fingerprint density at radius 1 is 0.537 bits per heavy atom. The molecule has 0 spiro atoms. The molecule has 0 aliphatic rings. The number of carbonyl (C=O) groups is 5. The van der Waals surface area contributed by atoms with E-state index in [9.17, 15) is 24.0 Å². The van der Waals surface area contributed by atoms with Crippen LogP contribution in [0.25, 0.3) is 18.2 Å². The number of rotatable bonds is 15. The van der Waals surface area contributed by atoms with Crippen molar-refractivity contribution in [2.45, 2.75) is 13.8 Å². The molecule has 1 N–H and O–H groups in total. The van der Waals surface area contributed by atoms with Crippen LogP contribution in [0.2, 0.25) is 0 Å². The number of thiol groups is 1. The largest absolute Gasteiger partial charge is 0.478 e. The van der Waals surface area contributed by atoms with Crippen molar-refractivity contribution in [1.29, 1.82) is 0 Å². The maximum absolute atomic E-state index is 11.3. The zero-order valence-corrected chi connectivity index (χ0v) is 32.7. The number of allylic oxidation sites excluding steroid dienone is 14. The van der Waals surface area contributed by atoms with Gasteiger partial charge in [0.15, 0.2) is 21.8 Å². The van der Waals surface area contributed by atoms with E-state index < -0.39 is 5.97 Å². The summed E-state index contributed by atoms with van der Waals surface area (Å²) in [6, 6.07) is 29.9. The first-order valence-corrected chi connectivity index (χ1v) is 18.4. The fourth-order valence-electron chi connectivity index (χ4n) is 3.31. The molecule has 280 valence electrons. The zero-order valence-electron chi connectivity index (χ0n) is 30.2. The van der Waals surface area contributed by atoms with E-state index in [2.05, 4.69) is 12.6 Å². The molecule has 3 aromatic rings. The molecule has 0 bridgehead atoms. The summed E-state index contributed by atoms with van der Waals surface area (Å²) in [6.07, 6.45) is 31.3. The smallest absolute Gasteiger partial charge is 0.328 e. The third-order valence-electron chi connectivity index (χ3n) is 5.62.